The van der Waals surface area contributed by atoms with E-state index in [-0.39, 0.29) is 11.6 Å². The van der Waals surface area contributed by atoms with Gasteiger partial charge in [0.1, 0.15) is 5.75 Å². The highest BCUT2D eigenvalue weighted by Crippen LogP contribution is 2.30. The third kappa shape index (κ3) is 2.51. The first-order valence-electron chi connectivity index (χ1n) is 5.84. The molecule has 0 saturated carbocycles. The van der Waals surface area contributed by atoms with Crippen LogP contribution in [0.15, 0.2) is 36.4 Å². The fourth-order valence-electron chi connectivity index (χ4n) is 1.82. The van der Waals surface area contributed by atoms with Crippen LogP contribution in [0.1, 0.15) is 16.7 Å². The molecule has 0 saturated heterocycles. The van der Waals surface area contributed by atoms with Crippen molar-refractivity contribution in [2.45, 2.75) is 20.4 Å². The van der Waals surface area contributed by atoms with Crippen LogP contribution < -0.4 is 10.5 Å². The normalized spacial score (nSPS) is 10.4. The molecule has 0 amide bonds. The molecule has 0 atom stereocenters. The van der Waals surface area contributed by atoms with Crippen LogP contribution in [-0.4, -0.2) is 0 Å². The van der Waals surface area contributed by atoms with Gasteiger partial charge in [-0.25, -0.2) is 4.39 Å². The van der Waals surface area contributed by atoms with Crippen LogP contribution in [-0.2, 0) is 6.54 Å². The summed E-state index contributed by atoms with van der Waals surface area (Å²) in [6.45, 7) is 4.18. The molecular formula is C15H16FNO. The van der Waals surface area contributed by atoms with Crippen LogP contribution >= 0.6 is 0 Å². The zero-order valence-corrected chi connectivity index (χ0v) is 10.5. The van der Waals surface area contributed by atoms with Gasteiger partial charge < -0.3 is 10.5 Å². The topological polar surface area (TPSA) is 35.2 Å². The van der Waals surface area contributed by atoms with Crippen LogP contribution in [0, 0.1) is 19.7 Å². The fraction of sp³-hybridized carbons (Fsp3) is 0.200. The Bertz CT molecular complexity index is 566. The molecule has 0 fully saturated rings. The maximum absolute atomic E-state index is 13.7. The number of rotatable bonds is 3. The van der Waals surface area contributed by atoms with E-state index in [2.05, 4.69) is 0 Å². The second-order valence-electron chi connectivity index (χ2n) is 4.30. The van der Waals surface area contributed by atoms with Crippen molar-refractivity contribution in [3.8, 4) is 11.5 Å². The van der Waals surface area contributed by atoms with E-state index in [0.29, 0.717) is 12.3 Å². The zero-order valence-electron chi connectivity index (χ0n) is 10.5. The predicted molar refractivity (Wildman–Crippen MR) is 70.3 cm³/mol. The quantitative estimate of drug-likeness (QED) is 0.895. The Hall–Kier alpha value is -1.87. The Balaban J connectivity index is 2.42. The summed E-state index contributed by atoms with van der Waals surface area (Å²) in [5, 5.41) is 0. The van der Waals surface area contributed by atoms with E-state index in [1.165, 1.54) is 6.07 Å². The van der Waals surface area contributed by atoms with Crippen LogP contribution in [0.5, 0.6) is 11.5 Å². The summed E-state index contributed by atoms with van der Waals surface area (Å²) < 4.78 is 19.4. The van der Waals surface area contributed by atoms with Crippen LogP contribution in [0.25, 0.3) is 0 Å². The fourth-order valence-corrected chi connectivity index (χ4v) is 1.82. The third-order valence-electron chi connectivity index (χ3n) is 2.81. The summed E-state index contributed by atoms with van der Waals surface area (Å²) in [7, 11) is 0. The average molecular weight is 245 g/mol. The van der Waals surface area contributed by atoms with Crippen molar-refractivity contribution in [1.29, 1.82) is 0 Å². The first-order chi connectivity index (χ1) is 8.61. The second-order valence-corrected chi connectivity index (χ2v) is 4.30. The second kappa shape index (κ2) is 5.19. The molecule has 18 heavy (non-hydrogen) atoms. The molecular weight excluding hydrogens is 229 g/mol. The number of hydrogen-bond acceptors (Lipinski definition) is 2. The lowest BCUT2D eigenvalue weighted by Crippen LogP contribution is -2.01. The van der Waals surface area contributed by atoms with E-state index in [4.69, 9.17) is 10.5 Å². The highest BCUT2D eigenvalue weighted by molar-refractivity contribution is 5.44. The van der Waals surface area contributed by atoms with Gasteiger partial charge in [-0.2, -0.15) is 0 Å². The van der Waals surface area contributed by atoms with Gasteiger partial charge in [0, 0.05) is 12.1 Å². The highest BCUT2D eigenvalue weighted by Gasteiger charge is 2.10. The van der Waals surface area contributed by atoms with Crippen LogP contribution in [0.3, 0.4) is 0 Å². The number of benzene rings is 2. The van der Waals surface area contributed by atoms with Crippen LogP contribution in [0.2, 0.25) is 0 Å². The Labute approximate surface area is 106 Å². The summed E-state index contributed by atoms with van der Waals surface area (Å²) in [6, 6.07) is 10.5. The number of hydrogen-bond donors (Lipinski definition) is 1. The van der Waals surface area contributed by atoms with Crippen LogP contribution in [0.4, 0.5) is 4.39 Å². The van der Waals surface area contributed by atoms with Gasteiger partial charge in [-0.1, -0.05) is 24.3 Å². The van der Waals surface area contributed by atoms with Crippen molar-refractivity contribution in [3.05, 3.63) is 58.9 Å². The largest absolute Gasteiger partial charge is 0.454 e. The summed E-state index contributed by atoms with van der Waals surface area (Å²) in [6.07, 6.45) is 0. The Morgan fingerprint density at radius 2 is 1.94 bits per heavy atom. The average Bonchev–Trinajstić information content (AvgIpc) is 2.36. The summed E-state index contributed by atoms with van der Waals surface area (Å²) in [5.41, 5.74) is 8.44. The minimum Gasteiger partial charge on any atom is -0.454 e. The first kappa shape index (κ1) is 12.6. The molecule has 0 unspecified atom stereocenters. The van der Waals surface area contributed by atoms with E-state index in [0.717, 1.165) is 16.7 Å². The molecule has 2 rings (SSSR count). The SMILES string of the molecule is Cc1ccc(F)c(Oc2c(C)cccc2CN)c1. The molecule has 2 nitrogen and oxygen atoms in total. The van der Waals surface area contributed by atoms with E-state index in [1.807, 2.05) is 32.0 Å². The van der Waals surface area contributed by atoms with Gasteiger partial charge in [-0.3, -0.25) is 0 Å². The minimum atomic E-state index is -0.369. The van der Waals surface area contributed by atoms with Gasteiger partial charge in [0.15, 0.2) is 11.6 Å². The van der Waals surface area contributed by atoms with Crippen molar-refractivity contribution in [1.82, 2.24) is 0 Å². The number of halogens is 1. The Morgan fingerprint density at radius 1 is 1.17 bits per heavy atom. The van der Waals surface area contributed by atoms with Crippen molar-refractivity contribution in [2.24, 2.45) is 5.73 Å². The predicted octanol–water partition coefficient (Wildman–Crippen LogP) is 3.69. The third-order valence-corrected chi connectivity index (χ3v) is 2.81. The summed E-state index contributed by atoms with van der Waals surface area (Å²) in [5.74, 6) is 0.510. The van der Waals surface area contributed by atoms with Crippen molar-refractivity contribution in [2.75, 3.05) is 0 Å². The summed E-state index contributed by atoms with van der Waals surface area (Å²) >= 11 is 0. The standard InChI is InChI=1S/C15H16FNO/c1-10-6-7-13(16)14(8-10)18-15-11(2)4-3-5-12(15)9-17/h3-8H,9,17H2,1-2H3. The number of nitrogens with two attached hydrogens (primary N) is 1. The molecule has 0 heterocycles. The smallest absolute Gasteiger partial charge is 0.165 e. The molecule has 2 N–H and O–H groups in total. The van der Waals surface area contributed by atoms with Crippen molar-refractivity contribution < 1.29 is 9.13 Å². The maximum Gasteiger partial charge on any atom is 0.165 e. The number of ether oxygens (including phenoxy) is 1. The molecule has 2 aromatic rings. The van der Waals surface area contributed by atoms with E-state index in [1.54, 1.807) is 12.1 Å². The monoisotopic (exact) mass is 245 g/mol. The Morgan fingerprint density at radius 3 is 2.67 bits per heavy atom. The number of aryl methyl sites for hydroxylation is 2. The van der Waals surface area contributed by atoms with E-state index < -0.39 is 0 Å². The summed E-state index contributed by atoms with van der Waals surface area (Å²) in [4.78, 5) is 0. The Kier molecular flexibility index (Phi) is 3.63. The van der Waals surface area contributed by atoms with Gasteiger partial charge in [0.05, 0.1) is 0 Å². The van der Waals surface area contributed by atoms with Crippen molar-refractivity contribution in [3.63, 3.8) is 0 Å². The molecule has 0 aliphatic carbocycles. The molecule has 94 valence electrons. The molecule has 2 aromatic carbocycles. The van der Waals surface area contributed by atoms with E-state index >= 15 is 0 Å². The van der Waals surface area contributed by atoms with Gasteiger partial charge in [-0.05, 0) is 37.1 Å². The lowest BCUT2D eigenvalue weighted by Gasteiger charge is -2.13. The lowest BCUT2D eigenvalue weighted by atomic mass is 10.1. The molecule has 0 spiro atoms. The van der Waals surface area contributed by atoms with E-state index in [9.17, 15) is 4.39 Å². The molecule has 0 bridgehead atoms. The molecule has 0 radical (unpaired) electrons. The zero-order chi connectivity index (χ0) is 13.1. The lowest BCUT2D eigenvalue weighted by molar-refractivity contribution is 0.434. The van der Waals surface area contributed by atoms with Gasteiger partial charge in [-0.15, -0.1) is 0 Å². The number of para-hydroxylation sites is 1. The minimum absolute atomic E-state index is 0.235. The molecule has 0 aliphatic rings. The maximum atomic E-state index is 13.7. The van der Waals surface area contributed by atoms with Gasteiger partial charge in [0.2, 0.25) is 0 Å². The van der Waals surface area contributed by atoms with Gasteiger partial charge >= 0.3 is 0 Å². The highest BCUT2D eigenvalue weighted by atomic mass is 19.1. The first-order valence-corrected chi connectivity index (χ1v) is 5.84. The van der Waals surface area contributed by atoms with Crippen molar-refractivity contribution >= 4 is 0 Å². The molecule has 3 heteroatoms. The molecule has 0 aliphatic heterocycles. The molecule has 0 aromatic heterocycles. The van der Waals surface area contributed by atoms with Gasteiger partial charge in [0.25, 0.3) is 0 Å².